The normalized spacial score (nSPS) is 18.9. The summed E-state index contributed by atoms with van der Waals surface area (Å²) in [6, 6.07) is 0. The van der Waals surface area contributed by atoms with E-state index in [-0.39, 0.29) is 10.7 Å². The fourth-order valence-electron chi connectivity index (χ4n) is 0.123. The molecule has 0 saturated heterocycles. The molecule has 0 nitrogen and oxygen atoms in total. The van der Waals surface area contributed by atoms with Crippen molar-refractivity contribution in [3.05, 3.63) is 0 Å². The van der Waals surface area contributed by atoms with Gasteiger partial charge in [-0.2, -0.15) is 0 Å². The minimum absolute atomic E-state index is 0.0758. The summed E-state index contributed by atoms with van der Waals surface area (Å²) >= 11 is 8.18. The highest BCUT2D eigenvalue weighted by Crippen LogP contribution is 2.08. The van der Waals surface area contributed by atoms with Crippen LogP contribution in [0, 0.1) is 0 Å². The van der Waals surface area contributed by atoms with E-state index in [1.54, 1.807) is 6.92 Å². The van der Waals surface area contributed by atoms with Gasteiger partial charge >= 0.3 is 0 Å². The van der Waals surface area contributed by atoms with E-state index in [1.807, 2.05) is 0 Å². The molecule has 0 heterocycles. The molecule has 0 radical (unpaired) electrons. The monoisotopic (exact) mass is 188 g/mol. The first-order valence-electron chi connectivity index (χ1n) is 2.02. The first kappa shape index (κ1) is 7.70. The van der Waals surface area contributed by atoms with Gasteiger partial charge in [-0.05, 0) is 6.92 Å². The molecule has 0 spiro atoms. The zero-order valence-electron chi connectivity index (χ0n) is 4.00. The van der Waals surface area contributed by atoms with Crippen molar-refractivity contribution < 1.29 is 4.39 Å². The second kappa shape index (κ2) is 3.67. The maximum Gasteiger partial charge on any atom is 0.126 e. The van der Waals surface area contributed by atoms with Crippen LogP contribution in [-0.2, 0) is 0 Å². The molecular formula is C4H7BrClF. The summed E-state index contributed by atoms with van der Waals surface area (Å²) in [4.78, 5) is -0.120. The van der Waals surface area contributed by atoms with Crippen molar-refractivity contribution in [1.29, 1.82) is 0 Å². The van der Waals surface area contributed by atoms with Crippen LogP contribution in [0.1, 0.15) is 6.92 Å². The van der Waals surface area contributed by atoms with E-state index in [9.17, 15) is 4.39 Å². The molecule has 0 amide bonds. The Morgan fingerprint density at radius 2 is 2.29 bits per heavy atom. The lowest BCUT2D eigenvalue weighted by atomic mass is 10.3. The van der Waals surface area contributed by atoms with Crippen molar-refractivity contribution >= 4 is 27.5 Å². The zero-order chi connectivity index (χ0) is 5.86. The van der Waals surface area contributed by atoms with Crippen LogP contribution in [0.3, 0.4) is 0 Å². The highest BCUT2D eigenvalue weighted by Gasteiger charge is 2.09. The van der Waals surface area contributed by atoms with E-state index < -0.39 is 6.17 Å². The summed E-state index contributed by atoms with van der Waals surface area (Å²) in [5.41, 5.74) is 0. The Morgan fingerprint density at radius 3 is 2.29 bits per heavy atom. The Morgan fingerprint density at radius 1 is 1.86 bits per heavy atom. The fourth-order valence-corrected chi connectivity index (χ4v) is 0.792. The largest absolute Gasteiger partial charge is 0.245 e. The van der Waals surface area contributed by atoms with Gasteiger partial charge in [-0.1, -0.05) is 15.9 Å². The van der Waals surface area contributed by atoms with Crippen LogP contribution in [-0.4, -0.2) is 16.9 Å². The van der Waals surface area contributed by atoms with Gasteiger partial charge in [0.1, 0.15) is 6.17 Å². The van der Waals surface area contributed by atoms with Crippen LogP contribution < -0.4 is 0 Å². The van der Waals surface area contributed by atoms with Crippen molar-refractivity contribution in [2.24, 2.45) is 0 Å². The molecule has 0 aromatic carbocycles. The molecule has 0 aliphatic heterocycles. The van der Waals surface area contributed by atoms with Gasteiger partial charge in [0.05, 0.1) is 5.88 Å². The number of hydrogen-bond acceptors (Lipinski definition) is 0. The average molecular weight is 189 g/mol. The molecule has 7 heavy (non-hydrogen) atoms. The standard InChI is InChI=1S/C4H7BrClF/c1-3(5)4(7)2-6/h3-4H,2H2,1H3/t3-,4?/m0/s1. The number of alkyl halides is 3. The summed E-state index contributed by atoms with van der Waals surface area (Å²) in [5, 5.41) is 0. The Hall–Kier alpha value is 0.700. The number of halogens is 3. The minimum atomic E-state index is -0.915. The fraction of sp³-hybridized carbons (Fsp3) is 1.00. The van der Waals surface area contributed by atoms with Crippen molar-refractivity contribution in [3.8, 4) is 0 Å². The van der Waals surface area contributed by atoms with E-state index in [1.165, 1.54) is 0 Å². The lowest BCUT2D eigenvalue weighted by Crippen LogP contribution is -2.12. The van der Waals surface area contributed by atoms with E-state index in [2.05, 4.69) is 15.9 Å². The molecule has 0 saturated carbocycles. The maximum absolute atomic E-state index is 12.1. The molecular weight excluding hydrogens is 182 g/mol. The quantitative estimate of drug-likeness (QED) is 0.585. The van der Waals surface area contributed by atoms with Crippen LogP contribution in [0.5, 0.6) is 0 Å². The summed E-state index contributed by atoms with van der Waals surface area (Å²) in [7, 11) is 0. The number of rotatable bonds is 2. The molecule has 1 unspecified atom stereocenters. The van der Waals surface area contributed by atoms with Crippen LogP contribution in [0.25, 0.3) is 0 Å². The molecule has 0 N–H and O–H groups in total. The van der Waals surface area contributed by atoms with E-state index in [0.717, 1.165) is 0 Å². The third-order valence-electron chi connectivity index (χ3n) is 0.646. The second-order valence-corrected chi connectivity index (χ2v) is 3.10. The van der Waals surface area contributed by atoms with Gasteiger partial charge in [0.2, 0.25) is 0 Å². The lowest BCUT2D eigenvalue weighted by Gasteiger charge is -2.03. The van der Waals surface area contributed by atoms with E-state index in [0.29, 0.717) is 0 Å². The predicted molar refractivity (Wildman–Crippen MR) is 34.0 cm³/mol. The average Bonchev–Trinajstić information content (AvgIpc) is 1.65. The van der Waals surface area contributed by atoms with Gasteiger partial charge in [0.15, 0.2) is 0 Å². The molecule has 0 bridgehead atoms. The SMILES string of the molecule is C[C@H](Br)C(F)CCl. The molecule has 0 fully saturated rings. The topological polar surface area (TPSA) is 0 Å². The van der Waals surface area contributed by atoms with Crippen LogP contribution in [0.15, 0.2) is 0 Å². The lowest BCUT2D eigenvalue weighted by molar-refractivity contribution is 0.367. The third kappa shape index (κ3) is 3.30. The Labute approximate surface area is 56.2 Å². The van der Waals surface area contributed by atoms with Gasteiger partial charge in [0.25, 0.3) is 0 Å². The van der Waals surface area contributed by atoms with Gasteiger partial charge in [-0.3, -0.25) is 0 Å². The minimum Gasteiger partial charge on any atom is -0.245 e. The van der Waals surface area contributed by atoms with Crippen molar-refractivity contribution in [2.75, 3.05) is 5.88 Å². The highest BCUT2D eigenvalue weighted by molar-refractivity contribution is 9.09. The maximum atomic E-state index is 12.1. The van der Waals surface area contributed by atoms with E-state index >= 15 is 0 Å². The predicted octanol–water partition coefficient (Wildman–Crippen LogP) is 2.35. The van der Waals surface area contributed by atoms with Crippen LogP contribution >= 0.6 is 27.5 Å². The van der Waals surface area contributed by atoms with Crippen LogP contribution in [0.4, 0.5) is 4.39 Å². The first-order valence-corrected chi connectivity index (χ1v) is 3.47. The number of hydrogen-bond donors (Lipinski definition) is 0. The van der Waals surface area contributed by atoms with Crippen LogP contribution in [0.2, 0.25) is 0 Å². The summed E-state index contributed by atoms with van der Waals surface area (Å²) in [5.74, 6) is 0.0758. The van der Waals surface area contributed by atoms with Crippen molar-refractivity contribution in [2.45, 2.75) is 17.9 Å². The smallest absolute Gasteiger partial charge is 0.126 e. The molecule has 0 aliphatic carbocycles. The second-order valence-electron chi connectivity index (χ2n) is 1.35. The molecule has 0 rings (SSSR count). The third-order valence-corrected chi connectivity index (χ3v) is 1.51. The van der Waals surface area contributed by atoms with Gasteiger partial charge in [0, 0.05) is 4.83 Å². The summed E-state index contributed by atoms with van der Waals surface area (Å²) < 4.78 is 12.1. The summed E-state index contributed by atoms with van der Waals surface area (Å²) in [6.07, 6.45) is -0.915. The van der Waals surface area contributed by atoms with Crippen molar-refractivity contribution in [3.63, 3.8) is 0 Å². The molecule has 0 aliphatic rings. The molecule has 44 valence electrons. The Balaban J connectivity index is 3.14. The Kier molecular flexibility index (Phi) is 4.04. The van der Waals surface area contributed by atoms with Gasteiger partial charge < -0.3 is 0 Å². The Bertz CT molecular complexity index is 49.0. The zero-order valence-corrected chi connectivity index (χ0v) is 6.34. The van der Waals surface area contributed by atoms with Gasteiger partial charge in [-0.15, -0.1) is 11.6 Å². The van der Waals surface area contributed by atoms with Crippen molar-refractivity contribution in [1.82, 2.24) is 0 Å². The molecule has 0 aromatic heterocycles. The van der Waals surface area contributed by atoms with Gasteiger partial charge in [-0.25, -0.2) is 4.39 Å². The van der Waals surface area contributed by atoms with E-state index in [4.69, 9.17) is 11.6 Å². The molecule has 3 heteroatoms. The first-order chi connectivity index (χ1) is 3.18. The highest BCUT2D eigenvalue weighted by atomic mass is 79.9. The molecule has 2 atom stereocenters. The summed E-state index contributed by atoms with van der Waals surface area (Å²) in [6.45, 7) is 1.73. The molecule has 0 aromatic rings.